The first-order chi connectivity index (χ1) is 29.3. The Labute approximate surface area is 380 Å². The molecule has 0 saturated carbocycles. The van der Waals surface area contributed by atoms with Crippen LogP contribution in [-0.4, -0.2) is 32.8 Å². The summed E-state index contributed by atoms with van der Waals surface area (Å²) >= 11 is -2.24. The van der Waals surface area contributed by atoms with Crippen LogP contribution >= 0.6 is 0 Å². The molecule has 0 unspecified atom stereocenters. The maximum absolute atomic E-state index is 8.76. The molecule has 61 heavy (non-hydrogen) atoms. The summed E-state index contributed by atoms with van der Waals surface area (Å²) in [6, 6.07) is 50.0. The van der Waals surface area contributed by atoms with Gasteiger partial charge < -0.3 is 8.98 Å². The van der Waals surface area contributed by atoms with E-state index < -0.39 is 25.1 Å². The van der Waals surface area contributed by atoms with Crippen LogP contribution in [-0.2, 0) is 31.9 Å². The largest absolute Gasteiger partial charge is 0 e. The minimum atomic E-state index is -2.24. The predicted molar refractivity (Wildman–Crippen MR) is 254 cm³/mol. The van der Waals surface area contributed by atoms with Gasteiger partial charge in [0.1, 0.15) is 0 Å². The molecular weight excluding hydrogens is 985 g/mol. The van der Waals surface area contributed by atoms with Crippen molar-refractivity contribution in [2.75, 3.05) is 0 Å². The fraction of sp³-hybridized carbons (Fsp3) is 0.241. The van der Waals surface area contributed by atoms with Crippen LogP contribution in [0.1, 0.15) is 61.1 Å². The van der Waals surface area contributed by atoms with E-state index in [2.05, 4.69) is 138 Å². The number of para-hydroxylation sites is 3. The SMILES string of the molecule is Cc1ccc2c(n1)oc1c(-c3nc4ccccc4n3-c3c(-c4ccccc4)cccc3C(C)(C)C)[c-]ccc12.[2H]C([2H])(c1cc(-c2[c-]cccc2)nc[c]1[Ge]([CH3])([CH3])[CH3])C(C)(C)C.[Ir]. The summed E-state index contributed by atoms with van der Waals surface area (Å²) in [7, 11) is 0. The molecule has 0 saturated heterocycles. The van der Waals surface area contributed by atoms with Crippen molar-refractivity contribution < 1.29 is 27.3 Å². The van der Waals surface area contributed by atoms with Crippen molar-refractivity contribution in [3.05, 3.63) is 163 Å². The summed E-state index contributed by atoms with van der Waals surface area (Å²) in [6.07, 6.45) is 0.502. The molecule has 0 spiro atoms. The average Bonchev–Trinajstić information content (AvgIpc) is 3.81. The van der Waals surface area contributed by atoms with Gasteiger partial charge in [0.05, 0.1) is 28.1 Å². The number of pyridine rings is 2. The number of aryl methyl sites for hydroxylation is 1. The zero-order valence-electron chi connectivity index (χ0n) is 38.7. The normalized spacial score (nSPS) is 12.8. The van der Waals surface area contributed by atoms with Crippen molar-refractivity contribution >= 4 is 50.8 Å². The van der Waals surface area contributed by atoms with Gasteiger partial charge in [0.15, 0.2) is 0 Å². The Balaban J connectivity index is 0.000000213. The summed E-state index contributed by atoms with van der Waals surface area (Å²) in [5.41, 5.74) is 11.7. The number of fused-ring (bicyclic) bond motifs is 4. The third-order valence-corrected chi connectivity index (χ3v) is 14.8. The molecule has 5 aromatic carbocycles. The van der Waals surface area contributed by atoms with Gasteiger partial charge in [-0.2, -0.15) is 0 Å². The van der Waals surface area contributed by atoms with Gasteiger partial charge in [-0.3, -0.25) is 4.98 Å². The minimum absolute atomic E-state index is 0. The van der Waals surface area contributed by atoms with E-state index in [1.807, 2.05) is 88.5 Å². The molecular formula is C54H54GeIrN4O-2. The Bertz CT molecular complexity index is 3070. The molecule has 0 aliphatic carbocycles. The molecule has 0 bridgehead atoms. The molecule has 7 heteroatoms. The molecule has 0 amide bonds. The van der Waals surface area contributed by atoms with Crippen LogP contribution < -0.4 is 4.40 Å². The second-order valence-corrected chi connectivity index (χ2v) is 29.2. The van der Waals surface area contributed by atoms with Gasteiger partial charge in [0.25, 0.3) is 0 Å². The van der Waals surface area contributed by atoms with E-state index in [9.17, 15) is 0 Å². The van der Waals surface area contributed by atoms with Crippen molar-refractivity contribution in [1.29, 1.82) is 0 Å². The maximum Gasteiger partial charge on any atom is 0 e. The maximum atomic E-state index is 8.76. The Kier molecular flexibility index (Phi) is 11.7. The monoisotopic (exact) mass is 1040 g/mol. The van der Waals surface area contributed by atoms with E-state index in [0.29, 0.717) is 5.71 Å². The van der Waals surface area contributed by atoms with Crippen LogP contribution in [0.3, 0.4) is 0 Å². The standard InChI is InChI=1S/C35H28N3O.C19H26GeN.Ir/c1-22-20-21-26-25-15-10-16-27(32(25)39-34(26)36-22)33-37-29-18-8-9-19-30(29)38(33)31-24(23-12-6-5-7-13-23)14-11-17-28(31)35(2,3)4;1-19(2,3)13-16-12-18(15-10-8-7-9-11-15)21-14-17(16)20(4,5)6;/h5-15,17-21H,1-4H3;7-10,12,14H,13H2,1-6H3;/q2*-1;/i;13D2;. The first kappa shape index (κ1) is 41.2. The van der Waals surface area contributed by atoms with E-state index in [0.717, 1.165) is 82.5 Å². The molecule has 9 aromatic rings. The third-order valence-electron chi connectivity index (χ3n) is 10.6. The second-order valence-electron chi connectivity index (χ2n) is 18.6. The van der Waals surface area contributed by atoms with Crippen LogP contribution in [0.2, 0.25) is 17.3 Å². The van der Waals surface area contributed by atoms with E-state index >= 15 is 0 Å². The molecule has 311 valence electrons. The van der Waals surface area contributed by atoms with Gasteiger partial charge >= 0.3 is 135 Å². The van der Waals surface area contributed by atoms with Crippen LogP contribution in [0.15, 0.2) is 138 Å². The van der Waals surface area contributed by atoms with Crippen LogP contribution in [0, 0.1) is 24.5 Å². The average molecular weight is 1040 g/mol. The van der Waals surface area contributed by atoms with Crippen molar-refractivity contribution in [1.82, 2.24) is 19.5 Å². The Hall–Kier alpha value is -5.14. The number of benzene rings is 5. The van der Waals surface area contributed by atoms with Gasteiger partial charge in [-0.15, -0.1) is 18.2 Å². The topological polar surface area (TPSA) is 56.7 Å². The molecule has 5 nitrogen and oxygen atoms in total. The summed E-state index contributed by atoms with van der Waals surface area (Å²) in [6.45, 7) is 14.6. The number of rotatable bonds is 6. The molecule has 0 fully saturated rings. The molecule has 0 N–H and O–H groups in total. The number of aromatic nitrogens is 4. The van der Waals surface area contributed by atoms with E-state index in [-0.39, 0.29) is 25.5 Å². The van der Waals surface area contributed by atoms with Crippen LogP contribution in [0.4, 0.5) is 0 Å². The quantitative estimate of drug-likeness (QED) is 0.123. The van der Waals surface area contributed by atoms with Crippen LogP contribution in [0.25, 0.3) is 72.6 Å². The summed E-state index contributed by atoms with van der Waals surface area (Å²) in [4.78, 5) is 14.5. The number of furan rings is 1. The molecule has 1 radical (unpaired) electrons. The van der Waals surface area contributed by atoms with Gasteiger partial charge in [-0.25, -0.2) is 4.98 Å². The van der Waals surface area contributed by atoms with E-state index in [4.69, 9.17) is 12.1 Å². The molecule has 0 atom stereocenters. The van der Waals surface area contributed by atoms with Crippen molar-refractivity contribution in [2.45, 2.75) is 77.5 Å². The second kappa shape index (κ2) is 17.3. The van der Waals surface area contributed by atoms with Gasteiger partial charge in [0, 0.05) is 36.7 Å². The molecule has 4 aromatic heterocycles. The fourth-order valence-corrected chi connectivity index (χ4v) is 10.7. The third kappa shape index (κ3) is 9.23. The zero-order chi connectivity index (χ0) is 44.2. The van der Waals surface area contributed by atoms with Gasteiger partial charge in [0.2, 0.25) is 5.71 Å². The van der Waals surface area contributed by atoms with E-state index in [1.165, 1.54) is 5.56 Å². The summed E-state index contributed by atoms with van der Waals surface area (Å²) in [5.74, 6) is 7.65. The van der Waals surface area contributed by atoms with Crippen molar-refractivity contribution in [2.24, 2.45) is 5.41 Å². The fourth-order valence-electron chi connectivity index (χ4n) is 7.80. The Morgan fingerprint density at radius 3 is 2.20 bits per heavy atom. The first-order valence-electron chi connectivity index (χ1n) is 21.7. The summed E-state index contributed by atoms with van der Waals surface area (Å²) < 4.78 is 27.4. The number of hydrogen-bond donors (Lipinski definition) is 0. The molecule has 9 rings (SSSR count). The van der Waals surface area contributed by atoms with Gasteiger partial charge in [-0.05, 0) is 47.7 Å². The number of nitrogens with zero attached hydrogens (tertiary/aromatic N) is 4. The van der Waals surface area contributed by atoms with Crippen molar-refractivity contribution in [3.8, 4) is 39.5 Å². The smallest absolute Gasteiger partial charge is 0 e. The number of imidazole rings is 1. The zero-order valence-corrected chi connectivity index (χ0v) is 41.2. The van der Waals surface area contributed by atoms with Crippen LogP contribution in [0.5, 0.6) is 0 Å². The predicted octanol–water partition coefficient (Wildman–Crippen LogP) is 13.7. The Morgan fingerprint density at radius 2 is 1.49 bits per heavy atom. The first-order valence-corrected chi connectivity index (χ1v) is 28.0. The van der Waals surface area contributed by atoms with E-state index in [1.54, 1.807) is 0 Å². The van der Waals surface area contributed by atoms with Crippen molar-refractivity contribution in [3.63, 3.8) is 0 Å². The molecule has 0 aliphatic heterocycles. The van der Waals surface area contributed by atoms with Gasteiger partial charge in [-0.1, -0.05) is 92.4 Å². The molecule has 4 heterocycles. The minimum Gasteiger partial charge on any atom is 0 e. The molecule has 0 aliphatic rings. The Morgan fingerprint density at radius 1 is 0.754 bits per heavy atom. The number of hydrogen-bond acceptors (Lipinski definition) is 4. The summed E-state index contributed by atoms with van der Waals surface area (Å²) in [5, 5.41) is 2.01.